The molecule has 7 atom stereocenters. The topological polar surface area (TPSA) is 401 Å². The van der Waals surface area contributed by atoms with E-state index in [0.717, 1.165) is 103 Å². The predicted octanol–water partition coefficient (Wildman–Crippen LogP) is 19.5. The lowest BCUT2D eigenvalue weighted by Crippen LogP contribution is -2.36. The van der Waals surface area contributed by atoms with Crippen LogP contribution in [0.25, 0.3) is 76.3 Å². The first-order valence-corrected chi connectivity index (χ1v) is 49.9. The first-order valence-electron chi connectivity index (χ1n) is 48.7. The number of nitrogens with zero attached hydrogens (tertiary/aromatic N) is 14. The number of carbonyl (C=O) groups excluding carboxylic acids is 8. The van der Waals surface area contributed by atoms with Crippen LogP contribution in [-0.2, 0) is 44.5 Å². The Morgan fingerprint density at radius 2 is 0.591 bits per heavy atom. The second-order valence-corrected chi connectivity index (χ2v) is 39.9. The standard InChI is InChI=1S/C17H18N2O2.C16H15BrN2O2.C16H15ClN2O2.C16H13F3N2O3.C16H15FN2O2.C16H16N2O3.C16H16N2O2/c1-10-7-8-14(15(20)9-10)19-12(3)18-16-11(2)5-4-6-13(16)17(19)21;2*1-9-6-7-13(14(20)8-9)19-10(2)18-15-11(16(19)21)4-3-5-12(15)17;1-8-20-14-10(3-2-4-11(14)16(17,18)19)15(24)21(8)12-6-5-9(22)7-13(12)23;1-9-6-7-13(14(20)8-9)19-10(2)18-15-11(16(19)21)4-3-5-12(15)17;1-9-6-7-12(14(20)8-9)18-10(2)17-15-11(16(18)21)4-3-5-13(15)19;1-10-6-7-13(14(19)8-10)18-9-17-15-11(2)4-3-5-12(15)16(18)20/h4-6,14H,1,7-9H2,2-3H3;2*3-5,13H,1,6-8H2,2H3;2-4,12H,5-7H2,1H3;3-5,13H,1,6-8H2,2H3;3-5,12,19H,1,6-8H2,2H3;3-5,9,13H,1,6-8H2,2H3. The monoisotopic (exact) mass is 2110 g/mol. The zero-order chi connectivity index (χ0) is 108. The van der Waals surface area contributed by atoms with Gasteiger partial charge in [-0.05, 0) is 239 Å². The zero-order valence-corrected chi connectivity index (χ0v) is 85.8. The smallest absolute Gasteiger partial charge is 0.418 e. The maximum atomic E-state index is 13.8. The number of aryl methyl sites for hydroxylation is 8. The highest BCUT2D eigenvalue weighted by atomic mass is 79.9. The van der Waals surface area contributed by atoms with E-state index >= 15 is 0 Å². The number of hydrogen-bond acceptors (Lipinski definition) is 23. The van der Waals surface area contributed by atoms with Crippen molar-refractivity contribution in [2.75, 3.05) is 0 Å². The lowest BCUT2D eigenvalue weighted by Gasteiger charge is -2.25. The molecular weight excluding hydrogens is 2000 g/mol. The minimum absolute atomic E-state index is 0.00208. The number of carbonyl (C=O) groups is 8. The molecule has 0 spiro atoms. The Morgan fingerprint density at radius 3 is 0.980 bits per heavy atom. The molecule has 7 fully saturated rings. The third-order valence-corrected chi connectivity index (χ3v) is 29.0. The van der Waals surface area contributed by atoms with E-state index in [9.17, 15) is 94.6 Å². The van der Waals surface area contributed by atoms with Crippen LogP contribution in [0.2, 0.25) is 5.02 Å². The van der Waals surface area contributed by atoms with Crippen molar-refractivity contribution in [1.29, 1.82) is 0 Å². The molecule has 768 valence electrons. The highest BCUT2D eigenvalue weighted by molar-refractivity contribution is 9.10. The van der Waals surface area contributed by atoms with E-state index in [1.165, 1.54) is 61.9 Å². The summed E-state index contributed by atoms with van der Waals surface area (Å²) in [6.07, 6.45) is 7.12. The Hall–Kier alpha value is -15.4. The average molecular weight is 2110 g/mol. The van der Waals surface area contributed by atoms with Gasteiger partial charge < -0.3 is 5.11 Å². The van der Waals surface area contributed by atoms with Crippen LogP contribution < -0.4 is 38.9 Å². The van der Waals surface area contributed by atoms with Crippen LogP contribution in [0, 0.1) is 61.2 Å². The quantitative estimate of drug-likeness (QED) is 0.0879. The Morgan fingerprint density at radius 1 is 0.315 bits per heavy atom. The number of para-hydroxylation sites is 7. The minimum atomic E-state index is -4.63. The van der Waals surface area contributed by atoms with Crippen LogP contribution in [0.4, 0.5) is 17.6 Å². The number of allylic oxidation sites excluding steroid dienone is 6. The minimum Gasteiger partial charge on any atom is -0.506 e. The lowest BCUT2D eigenvalue weighted by molar-refractivity contribution is -0.136. The van der Waals surface area contributed by atoms with E-state index < -0.39 is 76.7 Å². The van der Waals surface area contributed by atoms with Gasteiger partial charge in [0.15, 0.2) is 40.5 Å². The van der Waals surface area contributed by atoms with Gasteiger partial charge in [0.2, 0.25) is 0 Å². The molecule has 7 aromatic carbocycles. The molecule has 7 heterocycles. The molecule has 0 aliphatic heterocycles. The number of phenolic OH excluding ortho intramolecular Hbond substituents is 1. The van der Waals surface area contributed by atoms with Gasteiger partial charge in [-0.2, -0.15) is 13.2 Å². The molecule has 149 heavy (non-hydrogen) atoms. The second kappa shape index (κ2) is 44.7. The molecule has 7 saturated carbocycles. The SMILES string of the molecule is C=C1CCC(n2c(C)nc3c(Br)cccc3c2=O)C(=O)C1.C=C1CCC(n2c(C)nc3c(C)cccc3c2=O)C(=O)C1.C=C1CCC(n2c(C)nc3c(Cl)cccc3c2=O)C(=O)C1.C=C1CCC(n2c(C)nc3c(F)cccc3c2=O)C(=O)C1.C=C1CCC(n2c(C)nc3c(O)cccc3c2=O)C(=O)C1.C=C1CCC(n2cnc3c(C)cccc3c2=O)C(=O)C1.Cc1nc2c(C(F)(F)F)cccc2c(=O)n1C1CCC(=O)CC1=O. The van der Waals surface area contributed by atoms with Gasteiger partial charge in [0.05, 0.1) is 131 Å². The van der Waals surface area contributed by atoms with E-state index in [0.29, 0.717) is 155 Å². The molecule has 30 nitrogen and oxygen atoms in total. The number of rotatable bonds is 7. The molecule has 7 aromatic heterocycles. The van der Waals surface area contributed by atoms with E-state index in [1.54, 1.807) is 98.4 Å². The summed E-state index contributed by atoms with van der Waals surface area (Å²) < 4.78 is 63.9. The van der Waals surface area contributed by atoms with Crippen LogP contribution in [-0.4, -0.2) is 118 Å². The molecule has 0 saturated heterocycles. The fraction of sp³-hybridized carbons (Fsp3) is 0.327. The maximum absolute atomic E-state index is 13.8. The van der Waals surface area contributed by atoms with Crippen LogP contribution >= 0.6 is 27.5 Å². The average Bonchev–Trinajstić information content (AvgIpc) is 0.762. The number of alkyl halides is 3. The normalized spacial score (nSPS) is 19.2. The summed E-state index contributed by atoms with van der Waals surface area (Å²) in [5.74, 6) is 1.53. The Labute approximate surface area is 863 Å². The number of ketones is 8. The molecule has 36 heteroatoms. The van der Waals surface area contributed by atoms with Crippen molar-refractivity contribution in [3.05, 3.63) is 346 Å². The number of hydrogen-bond donors (Lipinski definition) is 1. The largest absolute Gasteiger partial charge is 0.506 e. The number of aromatic nitrogens is 14. The fourth-order valence-electron chi connectivity index (χ4n) is 20.5. The van der Waals surface area contributed by atoms with Crippen molar-refractivity contribution >= 4 is 150 Å². The van der Waals surface area contributed by atoms with Gasteiger partial charge in [-0.25, -0.2) is 39.3 Å². The summed E-state index contributed by atoms with van der Waals surface area (Å²) in [4.78, 5) is 216. The summed E-state index contributed by atoms with van der Waals surface area (Å²) >= 11 is 9.51. The van der Waals surface area contributed by atoms with Crippen molar-refractivity contribution < 1.29 is 61.0 Å². The molecule has 0 radical (unpaired) electrons. The number of phenols is 1. The summed E-state index contributed by atoms with van der Waals surface area (Å²) in [7, 11) is 0. The highest BCUT2D eigenvalue weighted by Gasteiger charge is 2.39. The number of fused-ring (bicyclic) bond motifs is 7. The van der Waals surface area contributed by atoms with Gasteiger partial charge >= 0.3 is 6.18 Å². The summed E-state index contributed by atoms with van der Waals surface area (Å²) in [5, 5.41) is 12.7. The van der Waals surface area contributed by atoms with Gasteiger partial charge in [0.1, 0.15) is 63.3 Å². The van der Waals surface area contributed by atoms with Crippen LogP contribution in [0.3, 0.4) is 0 Å². The van der Waals surface area contributed by atoms with Crippen LogP contribution in [0.5, 0.6) is 5.75 Å². The van der Waals surface area contributed by atoms with E-state index in [1.807, 2.05) is 44.2 Å². The van der Waals surface area contributed by atoms with Crippen molar-refractivity contribution in [2.45, 2.75) is 239 Å². The molecule has 1 N–H and O–H groups in total. The molecule has 7 aliphatic rings. The summed E-state index contributed by atoms with van der Waals surface area (Å²) in [6.45, 7) is 37.0. The van der Waals surface area contributed by atoms with E-state index in [4.69, 9.17) is 11.6 Å². The Kier molecular flexibility index (Phi) is 32.4. The van der Waals surface area contributed by atoms with Gasteiger partial charge in [0, 0.05) is 49.4 Å². The first kappa shape index (κ1) is 108. The number of benzene rings is 7. The Balaban J connectivity index is 0.000000130. The summed E-state index contributed by atoms with van der Waals surface area (Å²) in [5.41, 5.74) is 7.07. The number of halogens is 6. The lowest BCUT2D eigenvalue weighted by atomic mass is 9.90. The van der Waals surface area contributed by atoms with Crippen molar-refractivity contribution in [2.24, 2.45) is 0 Å². The molecule has 7 unspecified atom stereocenters. The Bertz CT molecular complexity index is 7750. The van der Waals surface area contributed by atoms with E-state index in [2.05, 4.69) is 90.3 Å². The van der Waals surface area contributed by atoms with Gasteiger partial charge in [-0.3, -0.25) is 104 Å². The highest BCUT2D eigenvalue weighted by Crippen LogP contribution is 2.39. The van der Waals surface area contributed by atoms with Gasteiger partial charge in [-0.15, -0.1) is 0 Å². The predicted molar refractivity (Wildman–Crippen MR) is 564 cm³/mol. The molecule has 0 amide bonds. The number of aromatic hydroxyl groups is 1. The van der Waals surface area contributed by atoms with Crippen LogP contribution in [0.1, 0.15) is 229 Å². The number of Topliss-reactive ketones (excluding diaryl/α,β-unsaturated/α-hetero) is 8. The van der Waals surface area contributed by atoms with Crippen molar-refractivity contribution in [3.8, 4) is 5.75 Å². The molecule has 7 aliphatic carbocycles. The zero-order valence-electron chi connectivity index (χ0n) is 83.4. The summed E-state index contributed by atoms with van der Waals surface area (Å²) in [6, 6.07) is 30.4. The first-order chi connectivity index (χ1) is 70.7. The molecule has 0 bridgehead atoms. The van der Waals surface area contributed by atoms with E-state index in [-0.39, 0.29) is 133 Å². The van der Waals surface area contributed by atoms with Gasteiger partial charge in [-0.1, -0.05) is 139 Å². The van der Waals surface area contributed by atoms with Crippen molar-refractivity contribution in [3.63, 3.8) is 0 Å². The van der Waals surface area contributed by atoms with Crippen LogP contribution in [0.15, 0.2) is 245 Å². The molecule has 21 rings (SSSR count). The fourth-order valence-corrected chi connectivity index (χ4v) is 21.2. The third-order valence-electron chi connectivity index (χ3n) is 28.0. The maximum Gasteiger partial charge on any atom is 0.418 e. The molecular formula is C113H108BrClF4N14O16. The molecule has 14 aromatic rings. The second-order valence-electron chi connectivity index (χ2n) is 38.6. The third kappa shape index (κ3) is 22.6. The van der Waals surface area contributed by atoms with Gasteiger partial charge in [0.25, 0.3) is 38.9 Å². The van der Waals surface area contributed by atoms with Crippen molar-refractivity contribution in [1.82, 2.24) is 66.9 Å².